The summed E-state index contributed by atoms with van der Waals surface area (Å²) >= 11 is 0. The fraction of sp³-hybridized carbons (Fsp3) is 0.923. The first-order valence-electron chi connectivity index (χ1n) is 6.85. The zero-order valence-corrected chi connectivity index (χ0v) is 10.9. The van der Waals surface area contributed by atoms with Crippen molar-refractivity contribution in [2.24, 2.45) is 17.1 Å². The largest absolute Gasteiger partial charge is 0.381 e. The number of nitrogens with two attached hydrogens (primary N) is 1. The molecule has 1 saturated heterocycles. The van der Waals surface area contributed by atoms with E-state index < -0.39 is 0 Å². The van der Waals surface area contributed by atoms with Crippen LogP contribution >= 0.6 is 0 Å². The standard InChI is InChI=1S/C13H25N3O/c1-2-17-9-11-8-16(12(14)15)10-13(11)6-4-3-5-7-13/h11H,2-10H2,1H3,(H3,14,15)/t11-/m1/s1. The average molecular weight is 239 g/mol. The Bertz CT molecular complexity index is 274. The lowest BCUT2D eigenvalue weighted by atomic mass is 9.68. The van der Waals surface area contributed by atoms with Crippen molar-refractivity contribution in [2.75, 3.05) is 26.3 Å². The first-order chi connectivity index (χ1) is 8.18. The Morgan fingerprint density at radius 1 is 1.41 bits per heavy atom. The van der Waals surface area contributed by atoms with Crippen LogP contribution in [0.15, 0.2) is 0 Å². The fourth-order valence-electron chi connectivity index (χ4n) is 3.53. The predicted molar refractivity (Wildman–Crippen MR) is 69.0 cm³/mol. The van der Waals surface area contributed by atoms with Crippen LogP contribution in [0.3, 0.4) is 0 Å². The zero-order valence-electron chi connectivity index (χ0n) is 10.9. The van der Waals surface area contributed by atoms with E-state index in [4.69, 9.17) is 15.9 Å². The number of ether oxygens (including phenoxy) is 1. The van der Waals surface area contributed by atoms with Crippen LogP contribution in [0.2, 0.25) is 0 Å². The second-order valence-electron chi connectivity index (χ2n) is 5.55. The van der Waals surface area contributed by atoms with Crippen molar-refractivity contribution in [3.63, 3.8) is 0 Å². The molecule has 1 aliphatic heterocycles. The van der Waals surface area contributed by atoms with Crippen LogP contribution in [0.25, 0.3) is 0 Å². The summed E-state index contributed by atoms with van der Waals surface area (Å²) in [7, 11) is 0. The molecule has 2 fully saturated rings. The molecule has 1 aliphatic carbocycles. The van der Waals surface area contributed by atoms with Crippen molar-refractivity contribution < 1.29 is 4.74 Å². The SMILES string of the molecule is CCOC[C@H]1CN(C(=N)N)CC12CCCCC2. The number of rotatable bonds is 3. The molecule has 0 aromatic carbocycles. The molecule has 1 spiro atoms. The Kier molecular flexibility index (Phi) is 3.92. The fourth-order valence-corrected chi connectivity index (χ4v) is 3.53. The first kappa shape index (κ1) is 12.7. The third kappa shape index (κ3) is 2.57. The van der Waals surface area contributed by atoms with Gasteiger partial charge in [-0.05, 0) is 25.2 Å². The number of likely N-dealkylation sites (tertiary alicyclic amines) is 1. The van der Waals surface area contributed by atoms with E-state index in [1.165, 1.54) is 32.1 Å². The molecule has 4 nitrogen and oxygen atoms in total. The maximum atomic E-state index is 7.62. The highest BCUT2D eigenvalue weighted by atomic mass is 16.5. The molecule has 0 amide bonds. The number of hydrogen-bond donors (Lipinski definition) is 2. The van der Waals surface area contributed by atoms with Crippen LogP contribution in [-0.4, -0.2) is 37.2 Å². The third-order valence-corrected chi connectivity index (χ3v) is 4.53. The van der Waals surface area contributed by atoms with Gasteiger partial charge in [0.15, 0.2) is 5.96 Å². The molecule has 0 radical (unpaired) electrons. The van der Waals surface area contributed by atoms with Gasteiger partial charge in [-0.25, -0.2) is 0 Å². The van der Waals surface area contributed by atoms with E-state index in [1.807, 2.05) is 11.8 Å². The van der Waals surface area contributed by atoms with Gasteiger partial charge in [0.1, 0.15) is 0 Å². The molecule has 0 aromatic heterocycles. The third-order valence-electron chi connectivity index (χ3n) is 4.53. The van der Waals surface area contributed by atoms with E-state index in [2.05, 4.69) is 0 Å². The minimum Gasteiger partial charge on any atom is -0.381 e. The summed E-state index contributed by atoms with van der Waals surface area (Å²) in [5.41, 5.74) is 6.02. The highest BCUT2D eigenvalue weighted by Gasteiger charge is 2.47. The minimum absolute atomic E-state index is 0.231. The second kappa shape index (κ2) is 5.25. The normalized spacial score (nSPS) is 27.6. The summed E-state index contributed by atoms with van der Waals surface area (Å²) in [5, 5.41) is 7.62. The van der Waals surface area contributed by atoms with Gasteiger partial charge in [-0.1, -0.05) is 19.3 Å². The lowest BCUT2D eigenvalue weighted by Gasteiger charge is -2.38. The van der Waals surface area contributed by atoms with Gasteiger partial charge in [-0.3, -0.25) is 5.41 Å². The minimum atomic E-state index is 0.231. The van der Waals surface area contributed by atoms with Gasteiger partial charge >= 0.3 is 0 Å². The van der Waals surface area contributed by atoms with Crippen LogP contribution in [0.1, 0.15) is 39.0 Å². The maximum Gasteiger partial charge on any atom is 0.188 e. The molecule has 0 unspecified atom stereocenters. The van der Waals surface area contributed by atoms with Crippen LogP contribution in [-0.2, 0) is 4.74 Å². The second-order valence-corrected chi connectivity index (χ2v) is 5.55. The van der Waals surface area contributed by atoms with Gasteiger partial charge in [-0.15, -0.1) is 0 Å². The highest BCUT2D eigenvalue weighted by molar-refractivity contribution is 5.75. The highest BCUT2D eigenvalue weighted by Crippen LogP contribution is 2.47. The number of hydrogen-bond acceptors (Lipinski definition) is 2. The molecule has 17 heavy (non-hydrogen) atoms. The zero-order chi connectivity index (χ0) is 12.3. The van der Waals surface area contributed by atoms with E-state index in [9.17, 15) is 0 Å². The topological polar surface area (TPSA) is 62.3 Å². The Hall–Kier alpha value is -0.770. The quantitative estimate of drug-likeness (QED) is 0.583. The molecule has 98 valence electrons. The van der Waals surface area contributed by atoms with E-state index >= 15 is 0 Å². The molecule has 3 N–H and O–H groups in total. The van der Waals surface area contributed by atoms with E-state index in [1.54, 1.807) is 0 Å². The van der Waals surface area contributed by atoms with Gasteiger partial charge in [0, 0.05) is 25.6 Å². The number of nitrogens with one attached hydrogen (secondary N) is 1. The molecule has 1 saturated carbocycles. The summed E-state index contributed by atoms with van der Waals surface area (Å²) in [5.74, 6) is 0.792. The van der Waals surface area contributed by atoms with Crippen LogP contribution < -0.4 is 5.73 Å². The van der Waals surface area contributed by atoms with E-state index in [0.717, 1.165) is 26.3 Å². The summed E-state index contributed by atoms with van der Waals surface area (Å²) in [4.78, 5) is 2.04. The average Bonchev–Trinajstić information content (AvgIpc) is 2.66. The Labute approximate surface area is 104 Å². The summed E-state index contributed by atoms with van der Waals surface area (Å²) < 4.78 is 5.64. The first-order valence-corrected chi connectivity index (χ1v) is 6.85. The number of guanidine groups is 1. The summed E-state index contributed by atoms with van der Waals surface area (Å²) in [6, 6.07) is 0. The Balaban J connectivity index is 2.06. The van der Waals surface area contributed by atoms with Crippen LogP contribution in [0.4, 0.5) is 0 Å². The van der Waals surface area contributed by atoms with Gasteiger partial charge in [-0.2, -0.15) is 0 Å². The van der Waals surface area contributed by atoms with E-state index in [0.29, 0.717) is 11.3 Å². The smallest absolute Gasteiger partial charge is 0.188 e. The molecule has 2 aliphatic rings. The van der Waals surface area contributed by atoms with Gasteiger partial charge in [0.05, 0.1) is 6.61 Å². The van der Waals surface area contributed by atoms with Crippen molar-refractivity contribution in [2.45, 2.75) is 39.0 Å². The van der Waals surface area contributed by atoms with E-state index in [-0.39, 0.29) is 5.96 Å². The van der Waals surface area contributed by atoms with Crippen molar-refractivity contribution in [1.29, 1.82) is 5.41 Å². The lowest BCUT2D eigenvalue weighted by Crippen LogP contribution is -2.37. The molecule has 1 atom stereocenters. The van der Waals surface area contributed by atoms with Crippen molar-refractivity contribution >= 4 is 5.96 Å². The van der Waals surface area contributed by atoms with Crippen molar-refractivity contribution in [1.82, 2.24) is 4.90 Å². The van der Waals surface area contributed by atoms with Gasteiger partial charge in [0.25, 0.3) is 0 Å². The molecular weight excluding hydrogens is 214 g/mol. The maximum absolute atomic E-state index is 7.62. The Morgan fingerprint density at radius 3 is 2.71 bits per heavy atom. The lowest BCUT2D eigenvalue weighted by molar-refractivity contribution is 0.0467. The van der Waals surface area contributed by atoms with Crippen molar-refractivity contribution in [3.05, 3.63) is 0 Å². The van der Waals surface area contributed by atoms with Crippen LogP contribution in [0, 0.1) is 16.7 Å². The van der Waals surface area contributed by atoms with Crippen molar-refractivity contribution in [3.8, 4) is 0 Å². The summed E-state index contributed by atoms with van der Waals surface area (Å²) in [6.45, 7) is 5.55. The number of nitrogens with zero attached hydrogens (tertiary/aromatic N) is 1. The predicted octanol–water partition coefficient (Wildman–Crippen LogP) is 1.80. The molecule has 1 heterocycles. The monoisotopic (exact) mass is 239 g/mol. The van der Waals surface area contributed by atoms with Gasteiger partial charge < -0.3 is 15.4 Å². The van der Waals surface area contributed by atoms with Gasteiger partial charge in [0.2, 0.25) is 0 Å². The molecule has 4 heteroatoms. The summed E-state index contributed by atoms with van der Waals surface area (Å²) in [6.07, 6.45) is 6.59. The van der Waals surface area contributed by atoms with Crippen LogP contribution in [0.5, 0.6) is 0 Å². The molecule has 2 rings (SSSR count). The Morgan fingerprint density at radius 2 is 2.12 bits per heavy atom. The molecule has 0 bridgehead atoms. The molecular formula is C13H25N3O. The molecule has 0 aromatic rings.